The maximum atomic E-state index is 5.95. The van der Waals surface area contributed by atoms with Crippen LogP contribution in [0.3, 0.4) is 0 Å². The molecule has 0 saturated heterocycles. The quantitative estimate of drug-likeness (QED) is 0.752. The molecule has 0 aliphatic carbocycles. The highest BCUT2D eigenvalue weighted by atomic mass is 35.5. The summed E-state index contributed by atoms with van der Waals surface area (Å²) < 4.78 is 4.98. The molecule has 0 amide bonds. The monoisotopic (exact) mass is 228 g/mol. The molecule has 2 aromatic rings. The highest BCUT2D eigenvalue weighted by molar-refractivity contribution is 6.35. The molecule has 0 atom stereocenters. The van der Waals surface area contributed by atoms with Crippen molar-refractivity contribution < 1.29 is 4.52 Å². The molecule has 0 unspecified atom stereocenters. The molecule has 2 rings (SSSR count). The highest BCUT2D eigenvalue weighted by Crippen LogP contribution is 2.29. The van der Waals surface area contributed by atoms with Crippen LogP contribution in [0.25, 0.3) is 11.5 Å². The Morgan fingerprint density at radius 3 is 2.71 bits per heavy atom. The standard InChI is InChI=1S/C9H6Cl2N2O/c1-5-12-9(14-13-5)7-4-6(10)2-3-8(7)11/h2-4H,1H3. The fourth-order valence-corrected chi connectivity index (χ4v) is 1.44. The molecule has 0 spiro atoms. The molecular formula is C9H6Cl2N2O. The Hall–Kier alpha value is -1.06. The van der Waals surface area contributed by atoms with E-state index in [1.54, 1.807) is 25.1 Å². The van der Waals surface area contributed by atoms with Crippen LogP contribution in [0.2, 0.25) is 10.0 Å². The summed E-state index contributed by atoms with van der Waals surface area (Å²) in [7, 11) is 0. The van der Waals surface area contributed by atoms with E-state index in [1.165, 1.54) is 0 Å². The highest BCUT2D eigenvalue weighted by Gasteiger charge is 2.10. The van der Waals surface area contributed by atoms with Gasteiger partial charge in [-0.2, -0.15) is 4.98 Å². The molecule has 0 saturated carbocycles. The van der Waals surface area contributed by atoms with Gasteiger partial charge in [-0.25, -0.2) is 0 Å². The van der Waals surface area contributed by atoms with Gasteiger partial charge in [0.1, 0.15) is 0 Å². The molecule has 0 bridgehead atoms. The Bertz CT molecular complexity index is 468. The number of aryl methyl sites for hydroxylation is 1. The van der Waals surface area contributed by atoms with Crippen molar-refractivity contribution in [2.45, 2.75) is 6.92 Å². The predicted octanol–water partition coefficient (Wildman–Crippen LogP) is 3.35. The van der Waals surface area contributed by atoms with Gasteiger partial charge in [0.15, 0.2) is 5.82 Å². The summed E-state index contributed by atoms with van der Waals surface area (Å²) in [5.41, 5.74) is 0.653. The van der Waals surface area contributed by atoms with Crippen molar-refractivity contribution in [3.8, 4) is 11.5 Å². The minimum Gasteiger partial charge on any atom is -0.334 e. The summed E-state index contributed by atoms with van der Waals surface area (Å²) in [6.07, 6.45) is 0. The lowest BCUT2D eigenvalue weighted by Gasteiger charge is -1.98. The lowest BCUT2D eigenvalue weighted by atomic mass is 10.2. The number of hydrogen-bond acceptors (Lipinski definition) is 3. The van der Waals surface area contributed by atoms with Gasteiger partial charge in [-0.15, -0.1) is 0 Å². The van der Waals surface area contributed by atoms with E-state index in [0.717, 1.165) is 0 Å². The number of benzene rings is 1. The number of nitrogens with zero attached hydrogens (tertiary/aromatic N) is 2. The van der Waals surface area contributed by atoms with Crippen LogP contribution in [-0.4, -0.2) is 10.1 Å². The zero-order chi connectivity index (χ0) is 10.1. The largest absolute Gasteiger partial charge is 0.334 e. The zero-order valence-corrected chi connectivity index (χ0v) is 8.80. The smallest absolute Gasteiger partial charge is 0.259 e. The normalized spacial score (nSPS) is 10.5. The maximum Gasteiger partial charge on any atom is 0.259 e. The van der Waals surface area contributed by atoms with Crippen molar-refractivity contribution in [1.29, 1.82) is 0 Å². The van der Waals surface area contributed by atoms with Crippen LogP contribution in [-0.2, 0) is 0 Å². The van der Waals surface area contributed by atoms with Crippen molar-refractivity contribution in [2.75, 3.05) is 0 Å². The minimum absolute atomic E-state index is 0.384. The van der Waals surface area contributed by atoms with Crippen molar-refractivity contribution >= 4 is 23.2 Å². The average Bonchev–Trinajstić information content (AvgIpc) is 2.56. The second-order valence-electron chi connectivity index (χ2n) is 2.77. The van der Waals surface area contributed by atoms with E-state index < -0.39 is 0 Å². The Morgan fingerprint density at radius 2 is 2.07 bits per heavy atom. The van der Waals surface area contributed by atoms with E-state index >= 15 is 0 Å². The SMILES string of the molecule is Cc1noc(-c2cc(Cl)ccc2Cl)n1. The van der Waals surface area contributed by atoms with Crippen LogP contribution in [0.15, 0.2) is 22.7 Å². The van der Waals surface area contributed by atoms with Crippen LogP contribution in [0.5, 0.6) is 0 Å². The van der Waals surface area contributed by atoms with Gasteiger partial charge < -0.3 is 4.52 Å². The molecule has 14 heavy (non-hydrogen) atoms. The van der Waals surface area contributed by atoms with Crippen LogP contribution >= 0.6 is 23.2 Å². The summed E-state index contributed by atoms with van der Waals surface area (Å²) in [6, 6.07) is 5.09. The number of hydrogen-bond donors (Lipinski definition) is 0. The van der Waals surface area contributed by atoms with Crippen LogP contribution in [0.1, 0.15) is 5.82 Å². The van der Waals surface area contributed by atoms with E-state index in [9.17, 15) is 0 Å². The molecule has 0 aliphatic rings. The molecule has 1 aromatic heterocycles. The van der Waals surface area contributed by atoms with Gasteiger partial charge in [0.05, 0.1) is 10.6 Å². The van der Waals surface area contributed by atoms with E-state index in [-0.39, 0.29) is 0 Å². The summed E-state index contributed by atoms with van der Waals surface area (Å²) in [4.78, 5) is 4.06. The van der Waals surface area contributed by atoms with Crippen molar-refractivity contribution in [3.05, 3.63) is 34.1 Å². The topological polar surface area (TPSA) is 38.9 Å². The third kappa shape index (κ3) is 1.74. The van der Waals surface area contributed by atoms with Crippen molar-refractivity contribution in [1.82, 2.24) is 10.1 Å². The van der Waals surface area contributed by atoms with E-state index in [2.05, 4.69) is 10.1 Å². The molecule has 0 aliphatic heterocycles. The zero-order valence-electron chi connectivity index (χ0n) is 7.29. The molecule has 5 heteroatoms. The molecule has 72 valence electrons. The van der Waals surface area contributed by atoms with Gasteiger partial charge in [0.25, 0.3) is 5.89 Å². The first-order valence-corrected chi connectivity index (χ1v) is 4.68. The van der Waals surface area contributed by atoms with Gasteiger partial charge in [-0.1, -0.05) is 28.4 Å². The summed E-state index contributed by atoms with van der Waals surface area (Å²) in [6.45, 7) is 1.74. The molecule has 0 radical (unpaired) electrons. The minimum atomic E-state index is 0.384. The van der Waals surface area contributed by atoms with E-state index in [1.807, 2.05) is 0 Å². The average molecular weight is 229 g/mol. The fraction of sp³-hybridized carbons (Fsp3) is 0.111. The first-order valence-electron chi connectivity index (χ1n) is 3.92. The van der Waals surface area contributed by atoms with Gasteiger partial charge in [0.2, 0.25) is 0 Å². The van der Waals surface area contributed by atoms with Gasteiger partial charge in [0, 0.05) is 5.02 Å². The van der Waals surface area contributed by atoms with Crippen LogP contribution < -0.4 is 0 Å². The Labute approximate surface area is 90.6 Å². The molecule has 3 nitrogen and oxygen atoms in total. The van der Waals surface area contributed by atoms with E-state index in [4.69, 9.17) is 27.7 Å². The fourth-order valence-electron chi connectivity index (χ4n) is 1.07. The third-order valence-corrected chi connectivity index (χ3v) is 2.25. The first-order chi connectivity index (χ1) is 6.66. The predicted molar refractivity (Wildman–Crippen MR) is 54.5 cm³/mol. The molecule has 0 N–H and O–H groups in total. The Kier molecular flexibility index (Phi) is 2.44. The van der Waals surface area contributed by atoms with E-state index in [0.29, 0.717) is 27.3 Å². The molecule has 1 heterocycles. The number of rotatable bonds is 1. The molecular weight excluding hydrogens is 223 g/mol. The van der Waals surface area contributed by atoms with Gasteiger partial charge >= 0.3 is 0 Å². The lowest BCUT2D eigenvalue weighted by molar-refractivity contribution is 0.425. The summed E-state index contributed by atoms with van der Waals surface area (Å²) >= 11 is 11.8. The van der Waals surface area contributed by atoms with Crippen molar-refractivity contribution in [2.24, 2.45) is 0 Å². The van der Waals surface area contributed by atoms with Crippen LogP contribution in [0, 0.1) is 6.92 Å². The second kappa shape index (κ2) is 3.59. The maximum absolute atomic E-state index is 5.95. The van der Waals surface area contributed by atoms with Crippen molar-refractivity contribution in [3.63, 3.8) is 0 Å². The third-order valence-electron chi connectivity index (χ3n) is 1.69. The Morgan fingerprint density at radius 1 is 1.29 bits per heavy atom. The number of halogens is 2. The number of aromatic nitrogens is 2. The van der Waals surface area contributed by atoms with Gasteiger partial charge in [-0.3, -0.25) is 0 Å². The Balaban J connectivity index is 2.55. The first kappa shape index (κ1) is 9.49. The lowest BCUT2D eigenvalue weighted by Crippen LogP contribution is -1.80. The summed E-state index contributed by atoms with van der Waals surface area (Å²) in [5, 5.41) is 4.80. The molecule has 0 fully saturated rings. The summed E-state index contributed by atoms with van der Waals surface area (Å²) in [5.74, 6) is 0.950. The van der Waals surface area contributed by atoms with Gasteiger partial charge in [-0.05, 0) is 25.1 Å². The van der Waals surface area contributed by atoms with Crippen LogP contribution in [0.4, 0.5) is 0 Å². The second-order valence-corrected chi connectivity index (χ2v) is 3.61. The molecule has 1 aromatic carbocycles.